The highest BCUT2D eigenvalue weighted by atomic mass is 35.5. The minimum Gasteiger partial charge on any atom is -0.324 e. The van der Waals surface area contributed by atoms with Crippen LogP contribution in [-0.2, 0) is 11.1 Å². The average molecular weight is 510 g/mol. The molecule has 0 fully saturated rings. The molecule has 1 aliphatic heterocycles. The minimum atomic E-state index is -0.577. The first-order valence-electron chi connectivity index (χ1n) is 11.1. The van der Waals surface area contributed by atoms with E-state index in [1.807, 2.05) is 6.07 Å². The smallest absolute Gasteiger partial charge is 0.324 e. The van der Waals surface area contributed by atoms with Crippen LogP contribution in [0.2, 0.25) is 10.0 Å². The summed E-state index contributed by atoms with van der Waals surface area (Å²) in [5, 5.41) is 12.7. The van der Waals surface area contributed by atoms with Crippen LogP contribution in [0.4, 0.5) is 11.6 Å². The number of nitrogens with zero attached hydrogens (tertiary/aromatic N) is 4. The standard InChI is InChI=1S/C25H25Cl2N7O/c1-24(2)15-10-9-13(11-16(15)25(3,4)33(24)5)30-22-29-12-14-20(28)34(23(35)32-21(14)31-22)19-17(26)7-6-8-18(19)27/h6-12,28H,1-5H3,(H2,29,30,31,32,35). The Morgan fingerprint density at radius 3 is 2.37 bits per heavy atom. The van der Waals surface area contributed by atoms with E-state index >= 15 is 0 Å². The molecule has 0 aliphatic carbocycles. The molecule has 0 bridgehead atoms. The van der Waals surface area contributed by atoms with Crippen LogP contribution < -0.4 is 16.5 Å². The van der Waals surface area contributed by atoms with Crippen LogP contribution in [0.25, 0.3) is 16.7 Å². The monoisotopic (exact) mass is 509 g/mol. The quantitative estimate of drug-likeness (QED) is 0.358. The van der Waals surface area contributed by atoms with Crippen molar-refractivity contribution in [2.24, 2.45) is 0 Å². The van der Waals surface area contributed by atoms with Gasteiger partial charge in [-0.15, -0.1) is 0 Å². The van der Waals surface area contributed by atoms with Crippen molar-refractivity contribution in [1.82, 2.24) is 24.4 Å². The van der Waals surface area contributed by atoms with Crippen LogP contribution in [0.1, 0.15) is 38.8 Å². The summed E-state index contributed by atoms with van der Waals surface area (Å²) < 4.78 is 1.12. The average Bonchev–Trinajstić information content (AvgIpc) is 2.92. The molecule has 0 unspecified atom stereocenters. The maximum absolute atomic E-state index is 12.9. The molecule has 4 aromatic rings. The first kappa shape index (κ1) is 23.5. The lowest BCUT2D eigenvalue weighted by Crippen LogP contribution is -2.42. The molecule has 2 aromatic carbocycles. The third-order valence-electron chi connectivity index (χ3n) is 7.13. The molecule has 0 spiro atoms. The predicted octanol–water partition coefficient (Wildman–Crippen LogP) is 5.05. The van der Waals surface area contributed by atoms with Crippen molar-refractivity contribution in [3.63, 3.8) is 0 Å². The highest BCUT2D eigenvalue weighted by Crippen LogP contribution is 2.48. The van der Waals surface area contributed by atoms with Gasteiger partial charge in [0, 0.05) is 23.0 Å². The van der Waals surface area contributed by atoms with Crippen molar-refractivity contribution in [1.29, 1.82) is 5.41 Å². The molecule has 0 atom stereocenters. The molecule has 0 saturated carbocycles. The van der Waals surface area contributed by atoms with Gasteiger partial charge in [-0.25, -0.2) is 14.3 Å². The summed E-state index contributed by atoms with van der Waals surface area (Å²) in [6.07, 6.45) is 1.50. The molecule has 0 saturated heterocycles. The lowest BCUT2D eigenvalue weighted by Gasteiger charge is -2.37. The molecule has 0 radical (unpaired) electrons. The van der Waals surface area contributed by atoms with Gasteiger partial charge in [-0.1, -0.05) is 35.3 Å². The second kappa shape index (κ2) is 7.91. The Morgan fingerprint density at radius 2 is 1.69 bits per heavy atom. The fraction of sp³-hybridized carbons (Fsp3) is 0.280. The zero-order valence-electron chi connectivity index (χ0n) is 20.0. The molecular weight excluding hydrogens is 485 g/mol. The van der Waals surface area contributed by atoms with Gasteiger partial charge in [0.2, 0.25) is 5.95 Å². The summed E-state index contributed by atoms with van der Waals surface area (Å²) in [7, 11) is 2.14. The van der Waals surface area contributed by atoms with E-state index in [0.717, 1.165) is 10.3 Å². The number of hydrogen-bond donors (Lipinski definition) is 3. The Balaban J connectivity index is 1.56. The van der Waals surface area contributed by atoms with Gasteiger partial charge in [0.15, 0.2) is 5.65 Å². The Kier molecular flexibility index (Phi) is 5.32. The molecule has 8 nitrogen and oxygen atoms in total. The number of fused-ring (bicyclic) bond motifs is 2. The number of para-hydroxylation sites is 1. The van der Waals surface area contributed by atoms with Gasteiger partial charge < -0.3 is 5.32 Å². The van der Waals surface area contributed by atoms with Crippen LogP contribution in [0.5, 0.6) is 0 Å². The fourth-order valence-electron chi connectivity index (χ4n) is 4.86. The second-order valence-electron chi connectivity index (χ2n) is 9.70. The van der Waals surface area contributed by atoms with Crippen LogP contribution in [0.3, 0.4) is 0 Å². The van der Waals surface area contributed by atoms with Gasteiger partial charge in [0.1, 0.15) is 5.49 Å². The molecule has 2 aromatic heterocycles. The van der Waals surface area contributed by atoms with E-state index in [-0.39, 0.29) is 37.9 Å². The van der Waals surface area contributed by atoms with Crippen LogP contribution in [-0.4, -0.2) is 31.5 Å². The van der Waals surface area contributed by atoms with Crippen molar-refractivity contribution >= 4 is 45.9 Å². The first-order valence-corrected chi connectivity index (χ1v) is 11.9. The van der Waals surface area contributed by atoms with Gasteiger partial charge in [-0.2, -0.15) is 4.98 Å². The number of H-pyrrole nitrogens is 1. The number of rotatable bonds is 3. The number of aromatic nitrogens is 4. The maximum atomic E-state index is 12.9. The molecule has 3 heterocycles. The first-order chi connectivity index (χ1) is 16.4. The van der Waals surface area contributed by atoms with Crippen molar-refractivity contribution in [3.05, 3.63) is 79.7 Å². The number of hydrogen-bond acceptors (Lipinski definition) is 6. The van der Waals surface area contributed by atoms with E-state index in [1.165, 1.54) is 17.3 Å². The maximum Gasteiger partial charge on any atom is 0.333 e. The van der Waals surface area contributed by atoms with E-state index in [2.05, 4.69) is 72.0 Å². The Morgan fingerprint density at radius 1 is 1.03 bits per heavy atom. The van der Waals surface area contributed by atoms with Gasteiger partial charge in [0.05, 0.1) is 21.1 Å². The third-order valence-corrected chi connectivity index (χ3v) is 7.74. The molecule has 180 valence electrons. The third kappa shape index (κ3) is 3.55. The predicted molar refractivity (Wildman–Crippen MR) is 139 cm³/mol. The number of benzene rings is 2. The zero-order chi connectivity index (χ0) is 25.3. The van der Waals surface area contributed by atoms with Crippen molar-refractivity contribution in [2.75, 3.05) is 12.4 Å². The summed E-state index contributed by atoms with van der Waals surface area (Å²) in [6, 6.07) is 11.1. The number of anilines is 2. The van der Waals surface area contributed by atoms with E-state index in [0.29, 0.717) is 11.3 Å². The highest BCUT2D eigenvalue weighted by Gasteiger charge is 2.46. The number of halogens is 2. The summed E-state index contributed by atoms with van der Waals surface area (Å²) in [5.74, 6) is 0.310. The van der Waals surface area contributed by atoms with Crippen LogP contribution >= 0.6 is 23.2 Å². The normalized spacial score (nSPS) is 16.4. The van der Waals surface area contributed by atoms with Crippen LogP contribution in [0.15, 0.2) is 47.4 Å². The topological polar surface area (TPSA) is 103 Å². The fourth-order valence-corrected chi connectivity index (χ4v) is 5.42. The van der Waals surface area contributed by atoms with Gasteiger partial charge in [-0.05, 0) is 70.1 Å². The molecular formula is C25H25Cl2N7O. The highest BCUT2D eigenvalue weighted by molar-refractivity contribution is 6.37. The Bertz CT molecular complexity index is 1600. The second-order valence-corrected chi connectivity index (χ2v) is 10.5. The van der Waals surface area contributed by atoms with Crippen molar-refractivity contribution in [2.45, 2.75) is 38.8 Å². The lowest BCUT2D eigenvalue weighted by atomic mass is 9.90. The minimum absolute atomic E-state index is 0.0826. The van der Waals surface area contributed by atoms with Gasteiger partial charge in [-0.3, -0.25) is 15.3 Å². The molecule has 1 aliphatic rings. The summed E-state index contributed by atoms with van der Waals surface area (Å²) in [6.45, 7) is 8.85. The number of nitrogens with one attached hydrogen (secondary N) is 3. The zero-order valence-corrected chi connectivity index (χ0v) is 21.5. The Labute approximate surface area is 212 Å². The van der Waals surface area contributed by atoms with Gasteiger partial charge in [0.25, 0.3) is 0 Å². The molecule has 10 heteroatoms. The molecule has 5 rings (SSSR count). The molecule has 3 N–H and O–H groups in total. The summed E-state index contributed by atoms with van der Waals surface area (Å²) in [5.41, 5.74) is 2.90. The lowest BCUT2D eigenvalue weighted by molar-refractivity contribution is 0.0730. The number of aromatic amines is 1. The van der Waals surface area contributed by atoms with Crippen molar-refractivity contribution < 1.29 is 0 Å². The van der Waals surface area contributed by atoms with E-state index in [4.69, 9.17) is 28.6 Å². The largest absolute Gasteiger partial charge is 0.333 e. The van der Waals surface area contributed by atoms with E-state index in [1.54, 1.807) is 18.2 Å². The van der Waals surface area contributed by atoms with Crippen LogP contribution in [0, 0.1) is 5.41 Å². The summed E-state index contributed by atoms with van der Waals surface area (Å²) >= 11 is 12.6. The molecule has 0 amide bonds. The van der Waals surface area contributed by atoms with Crippen molar-refractivity contribution in [3.8, 4) is 5.69 Å². The van der Waals surface area contributed by atoms with E-state index in [9.17, 15) is 4.79 Å². The van der Waals surface area contributed by atoms with Gasteiger partial charge >= 0.3 is 5.69 Å². The summed E-state index contributed by atoms with van der Waals surface area (Å²) in [4.78, 5) is 26.8. The van der Waals surface area contributed by atoms with E-state index < -0.39 is 5.69 Å². The SMILES string of the molecule is CN1C(C)(C)c2ccc(Nc3ncc4c(=N)n(-c5c(Cl)cccc5Cl)c(=O)[nH]c4n3)cc2C1(C)C. The molecule has 35 heavy (non-hydrogen) atoms. The Hall–Kier alpha value is -3.20.